The maximum Gasteiger partial charge on any atom is 0.415 e. The SMILES string of the molecule is CCN(CC)C(=O)Oc1ccc2c(=O)c(Oc3ccccc3OC)c(C)oc2c1. The number of carbonyl (C=O) groups excluding carboxylic acids is 1. The minimum Gasteiger partial charge on any atom is -0.493 e. The van der Waals surface area contributed by atoms with Gasteiger partial charge in [-0.2, -0.15) is 0 Å². The van der Waals surface area contributed by atoms with Crippen LogP contribution in [0.15, 0.2) is 51.7 Å². The lowest BCUT2D eigenvalue weighted by Gasteiger charge is -2.18. The van der Waals surface area contributed by atoms with E-state index in [2.05, 4.69) is 0 Å². The highest BCUT2D eigenvalue weighted by atomic mass is 16.6. The summed E-state index contributed by atoms with van der Waals surface area (Å²) < 4.78 is 22.2. The van der Waals surface area contributed by atoms with Crippen molar-refractivity contribution in [3.63, 3.8) is 0 Å². The molecule has 0 atom stereocenters. The second kappa shape index (κ2) is 8.68. The predicted molar refractivity (Wildman–Crippen MR) is 109 cm³/mol. The van der Waals surface area contributed by atoms with Crippen molar-refractivity contribution in [1.82, 2.24) is 4.90 Å². The van der Waals surface area contributed by atoms with Gasteiger partial charge in [0, 0.05) is 19.2 Å². The van der Waals surface area contributed by atoms with Crippen LogP contribution >= 0.6 is 0 Å². The third kappa shape index (κ3) is 4.18. The van der Waals surface area contributed by atoms with E-state index in [0.717, 1.165) is 0 Å². The summed E-state index contributed by atoms with van der Waals surface area (Å²) in [7, 11) is 1.53. The number of benzene rings is 2. The van der Waals surface area contributed by atoms with Gasteiger partial charge in [0.25, 0.3) is 0 Å². The second-order valence-corrected chi connectivity index (χ2v) is 6.27. The second-order valence-electron chi connectivity index (χ2n) is 6.27. The Morgan fingerprint density at radius 2 is 1.76 bits per heavy atom. The Balaban J connectivity index is 1.96. The molecule has 152 valence electrons. The standard InChI is InChI=1S/C22H23NO6/c1-5-23(6-2)22(25)28-15-11-12-16-19(13-15)27-14(3)21(20(16)24)29-18-10-8-7-9-17(18)26-4/h7-13H,5-6H2,1-4H3. The zero-order valence-corrected chi connectivity index (χ0v) is 16.9. The van der Waals surface area contributed by atoms with Crippen molar-refractivity contribution in [1.29, 1.82) is 0 Å². The smallest absolute Gasteiger partial charge is 0.415 e. The lowest BCUT2D eigenvalue weighted by Crippen LogP contribution is -2.33. The summed E-state index contributed by atoms with van der Waals surface area (Å²) >= 11 is 0. The molecule has 1 amide bonds. The van der Waals surface area contributed by atoms with Gasteiger partial charge in [-0.3, -0.25) is 4.79 Å². The van der Waals surface area contributed by atoms with Crippen LogP contribution in [0.4, 0.5) is 4.79 Å². The Bertz CT molecular complexity index is 1080. The van der Waals surface area contributed by atoms with E-state index >= 15 is 0 Å². The van der Waals surface area contributed by atoms with Gasteiger partial charge in [0.2, 0.25) is 11.2 Å². The van der Waals surface area contributed by atoms with E-state index in [1.165, 1.54) is 13.2 Å². The van der Waals surface area contributed by atoms with Gasteiger partial charge in [-0.05, 0) is 45.0 Å². The molecule has 3 rings (SSSR count). The number of methoxy groups -OCH3 is 1. The predicted octanol–water partition coefficient (Wildman–Crippen LogP) is 4.74. The Kier molecular flexibility index (Phi) is 6.07. The minimum atomic E-state index is -0.454. The summed E-state index contributed by atoms with van der Waals surface area (Å²) in [5.41, 5.74) is -0.0130. The van der Waals surface area contributed by atoms with Crippen LogP contribution in [0.25, 0.3) is 11.0 Å². The van der Waals surface area contributed by atoms with Gasteiger partial charge in [-0.15, -0.1) is 0 Å². The molecule has 0 aliphatic heterocycles. The van der Waals surface area contributed by atoms with Crippen molar-refractivity contribution in [3.8, 4) is 23.0 Å². The van der Waals surface area contributed by atoms with Gasteiger partial charge in [0.05, 0.1) is 12.5 Å². The maximum atomic E-state index is 12.9. The third-order valence-corrected chi connectivity index (χ3v) is 4.49. The number of nitrogens with zero attached hydrogens (tertiary/aromatic N) is 1. The highest BCUT2D eigenvalue weighted by molar-refractivity contribution is 5.81. The molecule has 3 aromatic rings. The highest BCUT2D eigenvalue weighted by Gasteiger charge is 2.17. The van der Waals surface area contributed by atoms with Gasteiger partial charge in [0.15, 0.2) is 11.5 Å². The number of aryl methyl sites for hydroxylation is 1. The Hall–Kier alpha value is -3.48. The lowest BCUT2D eigenvalue weighted by molar-refractivity contribution is 0.157. The number of carbonyl (C=O) groups is 1. The first-order valence-electron chi connectivity index (χ1n) is 9.33. The van der Waals surface area contributed by atoms with E-state index in [4.69, 9.17) is 18.6 Å². The fraction of sp³-hybridized carbons (Fsp3) is 0.273. The quantitative estimate of drug-likeness (QED) is 0.598. The molecule has 29 heavy (non-hydrogen) atoms. The first-order valence-corrected chi connectivity index (χ1v) is 9.33. The molecule has 0 saturated heterocycles. The van der Waals surface area contributed by atoms with Gasteiger partial charge in [-0.25, -0.2) is 4.79 Å². The van der Waals surface area contributed by atoms with Crippen LogP contribution in [0.3, 0.4) is 0 Å². The average molecular weight is 397 g/mol. The molecule has 0 spiro atoms. The molecule has 0 fully saturated rings. The molecule has 0 aliphatic rings. The van der Waals surface area contributed by atoms with Crippen LogP contribution in [0.5, 0.6) is 23.0 Å². The van der Waals surface area contributed by atoms with Crippen molar-refractivity contribution in [3.05, 3.63) is 58.4 Å². The van der Waals surface area contributed by atoms with Crippen molar-refractivity contribution >= 4 is 17.1 Å². The van der Waals surface area contributed by atoms with Crippen LogP contribution in [0.1, 0.15) is 19.6 Å². The number of hydrogen-bond donors (Lipinski definition) is 0. The average Bonchev–Trinajstić information content (AvgIpc) is 2.72. The monoisotopic (exact) mass is 397 g/mol. The van der Waals surface area contributed by atoms with E-state index in [-0.39, 0.29) is 11.2 Å². The van der Waals surface area contributed by atoms with Gasteiger partial charge < -0.3 is 23.5 Å². The number of amides is 1. The highest BCUT2D eigenvalue weighted by Crippen LogP contribution is 2.32. The van der Waals surface area contributed by atoms with E-state index in [1.54, 1.807) is 42.2 Å². The molecule has 7 heteroatoms. The van der Waals surface area contributed by atoms with E-state index < -0.39 is 6.09 Å². The molecule has 0 radical (unpaired) electrons. The van der Waals surface area contributed by atoms with Crippen molar-refractivity contribution in [2.75, 3.05) is 20.2 Å². The Labute approximate surface area is 168 Å². The molecular weight excluding hydrogens is 374 g/mol. The molecule has 0 aliphatic carbocycles. The van der Waals surface area contributed by atoms with E-state index in [1.807, 2.05) is 19.9 Å². The first-order chi connectivity index (χ1) is 14.0. The fourth-order valence-corrected chi connectivity index (χ4v) is 2.91. The normalized spacial score (nSPS) is 10.6. The number of hydrogen-bond acceptors (Lipinski definition) is 6. The molecule has 0 N–H and O–H groups in total. The minimum absolute atomic E-state index is 0.0786. The van der Waals surface area contributed by atoms with E-state index in [0.29, 0.717) is 47.1 Å². The molecule has 0 unspecified atom stereocenters. The molecule has 0 saturated carbocycles. The van der Waals surface area contributed by atoms with E-state index in [9.17, 15) is 9.59 Å². The fourth-order valence-electron chi connectivity index (χ4n) is 2.91. The summed E-state index contributed by atoms with van der Waals surface area (Å²) in [6.45, 7) is 6.47. The lowest BCUT2D eigenvalue weighted by atomic mass is 10.2. The molecule has 0 bridgehead atoms. The molecule has 1 heterocycles. The zero-order valence-electron chi connectivity index (χ0n) is 16.9. The van der Waals surface area contributed by atoms with Crippen LogP contribution in [-0.2, 0) is 0 Å². The van der Waals surface area contributed by atoms with Crippen LogP contribution in [0, 0.1) is 6.92 Å². The van der Waals surface area contributed by atoms with Gasteiger partial charge in [-0.1, -0.05) is 12.1 Å². The molecule has 2 aromatic carbocycles. The van der Waals surface area contributed by atoms with Gasteiger partial charge in [0.1, 0.15) is 17.1 Å². The van der Waals surface area contributed by atoms with Crippen LogP contribution in [-0.4, -0.2) is 31.2 Å². The summed E-state index contributed by atoms with van der Waals surface area (Å²) in [6.07, 6.45) is -0.454. The molecule has 7 nitrogen and oxygen atoms in total. The Morgan fingerprint density at radius 3 is 2.41 bits per heavy atom. The topological polar surface area (TPSA) is 78.2 Å². The number of fused-ring (bicyclic) bond motifs is 1. The summed E-state index contributed by atoms with van der Waals surface area (Å²) in [5, 5.41) is 0.322. The van der Waals surface area contributed by atoms with Gasteiger partial charge >= 0.3 is 6.09 Å². The Morgan fingerprint density at radius 1 is 1.07 bits per heavy atom. The third-order valence-electron chi connectivity index (χ3n) is 4.49. The van der Waals surface area contributed by atoms with Crippen molar-refractivity contribution in [2.45, 2.75) is 20.8 Å². The largest absolute Gasteiger partial charge is 0.493 e. The van der Waals surface area contributed by atoms with Crippen LogP contribution in [0.2, 0.25) is 0 Å². The summed E-state index contributed by atoms with van der Waals surface area (Å²) in [4.78, 5) is 26.6. The molecule has 1 aromatic heterocycles. The zero-order chi connectivity index (χ0) is 21.0. The van der Waals surface area contributed by atoms with Crippen molar-refractivity contribution in [2.24, 2.45) is 0 Å². The van der Waals surface area contributed by atoms with Crippen molar-refractivity contribution < 1.29 is 23.4 Å². The number of rotatable bonds is 6. The first kappa shape index (κ1) is 20.3. The number of para-hydroxylation sites is 2. The summed E-state index contributed by atoms with van der Waals surface area (Å²) in [6, 6.07) is 11.7. The number of ether oxygens (including phenoxy) is 3. The summed E-state index contributed by atoms with van der Waals surface area (Å²) in [5.74, 6) is 1.60. The maximum absolute atomic E-state index is 12.9. The van der Waals surface area contributed by atoms with Crippen LogP contribution < -0.4 is 19.6 Å². The molecular formula is C22H23NO6.